The van der Waals surface area contributed by atoms with Gasteiger partial charge in [0.1, 0.15) is 0 Å². The minimum absolute atomic E-state index is 0.0421. The van der Waals surface area contributed by atoms with E-state index in [1.165, 1.54) is 0 Å². The third-order valence-corrected chi connectivity index (χ3v) is 2.35. The Hall–Kier alpha value is -0.980. The number of nitrogens with zero attached hydrogens (tertiary/aromatic N) is 2. The molecular weight excluding hydrogens is 210 g/mol. The minimum atomic E-state index is -1.00. The lowest BCUT2D eigenvalue weighted by atomic mass is 10.0. The van der Waals surface area contributed by atoms with Crippen molar-refractivity contribution in [3.05, 3.63) is 11.7 Å². The number of hydrogen-bond donors (Lipinski definition) is 2. The quantitative estimate of drug-likeness (QED) is 0.707. The summed E-state index contributed by atoms with van der Waals surface area (Å²) in [5.74, 6) is 0.978. The number of aromatic nitrogens is 2. The van der Waals surface area contributed by atoms with Gasteiger partial charge in [0.2, 0.25) is 5.89 Å². The Morgan fingerprint density at radius 3 is 2.88 bits per heavy atom. The highest BCUT2D eigenvalue weighted by Gasteiger charge is 2.22. The topological polar surface area (TPSA) is 94.4 Å². The largest absolute Gasteiger partial charge is 0.388 e. The Labute approximate surface area is 94.8 Å². The predicted octanol–water partition coefficient (Wildman–Crippen LogP) is -0.101. The predicted molar refractivity (Wildman–Crippen MR) is 57.9 cm³/mol. The monoisotopic (exact) mass is 229 g/mol. The lowest BCUT2D eigenvalue weighted by molar-refractivity contribution is 0.0610. The first kappa shape index (κ1) is 13.1. The fourth-order valence-corrected chi connectivity index (χ4v) is 1.18. The standard InChI is InChI=1S/C10H19N3O3/c1-7(15-3)4-8-12-9(16-13-8)5-10(2,14)6-11/h7,14H,4-6,11H2,1-3H3. The number of rotatable bonds is 6. The highest BCUT2D eigenvalue weighted by atomic mass is 16.5. The van der Waals surface area contributed by atoms with Crippen LogP contribution in [0.25, 0.3) is 0 Å². The van der Waals surface area contributed by atoms with Crippen molar-refractivity contribution in [2.75, 3.05) is 13.7 Å². The highest BCUT2D eigenvalue weighted by molar-refractivity contribution is 4.93. The van der Waals surface area contributed by atoms with Crippen molar-refractivity contribution in [1.82, 2.24) is 10.1 Å². The molecule has 1 heterocycles. The van der Waals surface area contributed by atoms with Crippen LogP contribution in [0.3, 0.4) is 0 Å². The number of ether oxygens (including phenoxy) is 1. The number of hydrogen-bond acceptors (Lipinski definition) is 6. The van der Waals surface area contributed by atoms with Crippen molar-refractivity contribution in [2.24, 2.45) is 5.73 Å². The van der Waals surface area contributed by atoms with E-state index in [-0.39, 0.29) is 19.1 Å². The zero-order valence-electron chi connectivity index (χ0n) is 9.93. The normalized spacial score (nSPS) is 17.1. The minimum Gasteiger partial charge on any atom is -0.388 e. The van der Waals surface area contributed by atoms with Gasteiger partial charge in [-0.3, -0.25) is 0 Å². The molecule has 0 fully saturated rings. The van der Waals surface area contributed by atoms with E-state index in [1.807, 2.05) is 6.92 Å². The molecule has 0 amide bonds. The average Bonchev–Trinajstić information content (AvgIpc) is 2.64. The molecule has 0 aliphatic carbocycles. The van der Waals surface area contributed by atoms with Crippen LogP contribution in [0, 0.1) is 0 Å². The van der Waals surface area contributed by atoms with Crippen LogP contribution in [0.1, 0.15) is 25.6 Å². The molecule has 0 saturated carbocycles. The van der Waals surface area contributed by atoms with Crippen molar-refractivity contribution in [2.45, 2.75) is 38.4 Å². The lowest BCUT2D eigenvalue weighted by Crippen LogP contribution is -2.36. The van der Waals surface area contributed by atoms with E-state index in [0.29, 0.717) is 18.1 Å². The summed E-state index contributed by atoms with van der Waals surface area (Å²) in [6.45, 7) is 3.71. The van der Waals surface area contributed by atoms with Crippen molar-refractivity contribution in [3.63, 3.8) is 0 Å². The Kier molecular flexibility index (Phi) is 4.40. The van der Waals surface area contributed by atoms with Crippen LogP contribution in [-0.2, 0) is 17.6 Å². The van der Waals surface area contributed by atoms with Crippen LogP contribution in [0.4, 0.5) is 0 Å². The zero-order valence-corrected chi connectivity index (χ0v) is 9.93. The van der Waals surface area contributed by atoms with Crippen molar-refractivity contribution in [3.8, 4) is 0 Å². The fourth-order valence-electron chi connectivity index (χ4n) is 1.18. The van der Waals surface area contributed by atoms with Crippen molar-refractivity contribution < 1.29 is 14.4 Å². The Morgan fingerprint density at radius 2 is 2.31 bits per heavy atom. The van der Waals surface area contributed by atoms with E-state index >= 15 is 0 Å². The van der Waals surface area contributed by atoms with Gasteiger partial charge in [-0.1, -0.05) is 5.16 Å². The molecule has 16 heavy (non-hydrogen) atoms. The lowest BCUT2D eigenvalue weighted by Gasteiger charge is -2.17. The fraction of sp³-hybridized carbons (Fsp3) is 0.800. The molecule has 0 spiro atoms. The van der Waals surface area contributed by atoms with E-state index in [2.05, 4.69) is 10.1 Å². The van der Waals surface area contributed by atoms with Gasteiger partial charge in [-0.15, -0.1) is 0 Å². The van der Waals surface area contributed by atoms with E-state index in [0.717, 1.165) is 0 Å². The first-order valence-corrected chi connectivity index (χ1v) is 5.23. The van der Waals surface area contributed by atoms with Crippen LogP contribution >= 0.6 is 0 Å². The van der Waals surface area contributed by atoms with Gasteiger partial charge in [-0.05, 0) is 13.8 Å². The van der Waals surface area contributed by atoms with Gasteiger partial charge in [0.05, 0.1) is 18.1 Å². The van der Waals surface area contributed by atoms with Crippen LogP contribution in [0.15, 0.2) is 4.52 Å². The van der Waals surface area contributed by atoms with Crippen LogP contribution < -0.4 is 5.73 Å². The molecule has 6 nitrogen and oxygen atoms in total. The maximum absolute atomic E-state index is 9.74. The number of nitrogens with two attached hydrogens (primary N) is 1. The van der Waals surface area contributed by atoms with Gasteiger partial charge >= 0.3 is 0 Å². The molecule has 92 valence electrons. The van der Waals surface area contributed by atoms with E-state index in [9.17, 15) is 5.11 Å². The molecule has 2 atom stereocenters. The second-order valence-electron chi connectivity index (χ2n) is 4.23. The first-order chi connectivity index (χ1) is 7.46. The molecule has 1 aromatic rings. The van der Waals surface area contributed by atoms with Crippen molar-refractivity contribution >= 4 is 0 Å². The molecule has 0 bridgehead atoms. The van der Waals surface area contributed by atoms with Crippen LogP contribution in [0.2, 0.25) is 0 Å². The summed E-state index contributed by atoms with van der Waals surface area (Å²) in [5.41, 5.74) is 4.40. The molecule has 6 heteroatoms. The Balaban J connectivity index is 2.58. The van der Waals surface area contributed by atoms with Gasteiger partial charge in [0.15, 0.2) is 5.82 Å². The Morgan fingerprint density at radius 1 is 1.62 bits per heavy atom. The third kappa shape index (κ3) is 3.88. The van der Waals surface area contributed by atoms with Gasteiger partial charge in [-0.25, -0.2) is 0 Å². The van der Waals surface area contributed by atoms with Gasteiger partial charge in [0.25, 0.3) is 0 Å². The average molecular weight is 229 g/mol. The summed E-state index contributed by atoms with van der Waals surface area (Å²) in [6, 6.07) is 0. The summed E-state index contributed by atoms with van der Waals surface area (Å²) < 4.78 is 10.1. The first-order valence-electron chi connectivity index (χ1n) is 5.23. The van der Waals surface area contributed by atoms with Gasteiger partial charge < -0.3 is 20.1 Å². The van der Waals surface area contributed by atoms with Crippen LogP contribution in [0.5, 0.6) is 0 Å². The molecule has 1 aromatic heterocycles. The van der Waals surface area contributed by atoms with E-state index < -0.39 is 5.60 Å². The third-order valence-electron chi connectivity index (χ3n) is 2.35. The van der Waals surface area contributed by atoms with Gasteiger partial charge in [-0.2, -0.15) is 4.98 Å². The summed E-state index contributed by atoms with van der Waals surface area (Å²) >= 11 is 0. The SMILES string of the molecule is COC(C)Cc1noc(CC(C)(O)CN)n1. The molecular formula is C10H19N3O3. The highest BCUT2D eigenvalue weighted by Crippen LogP contribution is 2.11. The number of methoxy groups -OCH3 is 1. The maximum Gasteiger partial charge on any atom is 0.229 e. The van der Waals surface area contributed by atoms with Crippen LogP contribution in [-0.4, -0.2) is 40.6 Å². The molecule has 2 unspecified atom stereocenters. The molecule has 3 N–H and O–H groups in total. The summed E-state index contributed by atoms with van der Waals surface area (Å²) in [5, 5.41) is 13.5. The summed E-state index contributed by atoms with van der Waals surface area (Å²) in [7, 11) is 1.63. The molecule has 0 radical (unpaired) electrons. The maximum atomic E-state index is 9.74. The summed E-state index contributed by atoms with van der Waals surface area (Å²) in [6.07, 6.45) is 0.892. The molecule has 0 aliphatic heterocycles. The Bertz CT molecular complexity index is 325. The second kappa shape index (κ2) is 5.38. The zero-order chi connectivity index (χ0) is 12.2. The molecule has 1 rings (SSSR count). The van der Waals surface area contributed by atoms with E-state index in [1.54, 1.807) is 14.0 Å². The molecule has 0 aromatic carbocycles. The van der Waals surface area contributed by atoms with Crippen molar-refractivity contribution in [1.29, 1.82) is 0 Å². The molecule has 0 aliphatic rings. The van der Waals surface area contributed by atoms with Gasteiger partial charge in [0, 0.05) is 20.1 Å². The summed E-state index contributed by atoms with van der Waals surface area (Å²) in [4.78, 5) is 4.16. The van der Waals surface area contributed by atoms with E-state index in [4.69, 9.17) is 15.0 Å². The number of aliphatic hydroxyl groups is 1. The smallest absolute Gasteiger partial charge is 0.229 e. The second-order valence-corrected chi connectivity index (χ2v) is 4.23. The molecule has 0 saturated heterocycles.